The lowest BCUT2D eigenvalue weighted by atomic mass is 10.0. The molecule has 4 heteroatoms. The van der Waals surface area contributed by atoms with Crippen molar-refractivity contribution in [1.29, 1.82) is 0 Å². The molecule has 1 unspecified atom stereocenters. The Balaban J connectivity index is 1.83. The molecule has 1 atom stereocenters. The summed E-state index contributed by atoms with van der Waals surface area (Å²) in [5.41, 5.74) is 1.94. The van der Waals surface area contributed by atoms with Crippen molar-refractivity contribution in [3.05, 3.63) is 71.8 Å². The Kier molecular flexibility index (Phi) is 6.58. The van der Waals surface area contributed by atoms with Crippen molar-refractivity contribution in [1.82, 2.24) is 0 Å². The second-order valence-electron chi connectivity index (χ2n) is 5.59. The molecule has 0 aliphatic heterocycles. The number of ketones is 1. The number of rotatable bonds is 8. The minimum absolute atomic E-state index is 0.0128. The number of aliphatic hydroxyl groups excluding tert-OH is 1. The van der Waals surface area contributed by atoms with Gasteiger partial charge in [-0.25, -0.2) is 0 Å². The van der Waals surface area contributed by atoms with Crippen molar-refractivity contribution in [2.45, 2.75) is 25.4 Å². The van der Waals surface area contributed by atoms with Crippen LogP contribution in [0.3, 0.4) is 0 Å². The monoisotopic (exact) mass is 326 g/mol. The maximum Gasteiger partial charge on any atom is 0.160 e. The van der Waals surface area contributed by atoms with Crippen molar-refractivity contribution >= 4 is 5.78 Å². The summed E-state index contributed by atoms with van der Waals surface area (Å²) in [7, 11) is 1.47. The van der Waals surface area contributed by atoms with E-state index in [1.807, 2.05) is 30.3 Å². The van der Waals surface area contributed by atoms with Crippen LogP contribution < -0.4 is 4.74 Å². The second-order valence-corrected chi connectivity index (χ2v) is 5.59. The number of phenolic OH excluding ortho intramolecular Hbond substituents is 1. The fraction of sp³-hybridized carbons (Fsp3) is 0.250. The van der Waals surface area contributed by atoms with Crippen LogP contribution in [-0.2, 0) is 17.6 Å². The molecule has 0 saturated carbocycles. The molecule has 2 N–H and O–H groups in total. The number of ether oxygens (including phenoxy) is 1. The van der Waals surface area contributed by atoms with Gasteiger partial charge in [-0.2, -0.15) is 0 Å². The Morgan fingerprint density at radius 1 is 1.17 bits per heavy atom. The molecule has 2 aromatic rings. The third-order valence-corrected chi connectivity index (χ3v) is 3.70. The largest absolute Gasteiger partial charge is 0.504 e. The first kappa shape index (κ1) is 17.8. The number of aliphatic hydroxyl groups is 1. The van der Waals surface area contributed by atoms with E-state index in [9.17, 15) is 15.0 Å². The average Bonchev–Trinajstić information content (AvgIpc) is 2.60. The smallest absolute Gasteiger partial charge is 0.160 e. The molecule has 0 amide bonds. The molecule has 4 nitrogen and oxygen atoms in total. The third-order valence-electron chi connectivity index (χ3n) is 3.70. The molecule has 0 aliphatic rings. The van der Waals surface area contributed by atoms with E-state index in [1.54, 1.807) is 12.1 Å². The summed E-state index contributed by atoms with van der Waals surface area (Å²) in [5.74, 6) is 0.408. The van der Waals surface area contributed by atoms with Gasteiger partial charge in [-0.3, -0.25) is 4.79 Å². The Morgan fingerprint density at radius 3 is 2.62 bits per heavy atom. The average molecular weight is 326 g/mol. The lowest BCUT2D eigenvalue weighted by molar-refractivity contribution is -0.114. The molecule has 0 heterocycles. The zero-order valence-electron chi connectivity index (χ0n) is 13.7. The summed E-state index contributed by atoms with van der Waals surface area (Å²) in [5, 5.41) is 19.6. The van der Waals surface area contributed by atoms with E-state index in [2.05, 4.69) is 0 Å². The van der Waals surface area contributed by atoms with Gasteiger partial charge < -0.3 is 14.9 Å². The second kappa shape index (κ2) is 8.89. The number of aromatic hydroxyl groups is 1. The molecule has 0 aliphatic carbocycles. The van der Waals surface area contributed by atoms with Gasteiger partial charge >= 0.3 is 0 Å². The lowest BCUT2D eigenvalue weighted by Gasteiger charge is -2.09. The normalized spacial score (nSPS) is 12.2. The summed E-state index contributed by atoms with van der Waals surface area (Å²) in [4.78, 5) is 11.9. The van der Waals surface area contributed by atoms with Crippen molar-refractivity contribution in [2.24, 2.45) is 0 Å². The molecule has 126 valence electrons. The Labute approximate surface area is 142 Å². The minimum atomic E-state index is -0.764. The van der Waals surface area contributed by atoms with Crippen LogP contribution in [0.25, 0.3) is 0 Å². The Bertz CT molecular complexity index is 692. The molecular weight excluding hydrogens is 304 g/mol. The van der Waals surface area contributed by atoms with Crippen LogP contribution in [0.15, 0.2) is 60.7 Å². The first-order chi connectivity index (χ1) is 11.6. The van der Waals surface area contributed by atoms with Gasteiger partial charge in [-0.05, 0) is 35.8 Å². The van der Waals surface area contributed by atoms with Crippen LogP contribution in [0.1, 0.15) is 17.5 Å². The molecule has 0 bridgehead atoms. The summed E-state index contributed by atoms with van der Waals surface area (Å²) in [6.45, 7) is 0. The third kappa shape index (κ3) is 5.56. The highest BCUT2D eigenvalue weighted by atomic mass is 16.5. The number of phenols is 1. The fourth-order valence-electron chi connectivity index (χ4n) is 2.37. The van der Waals surface area contributed by atoms with Crippen molar-refractivity contribution in [3.8, 4) is 11.5 Å². The van der Waals surface area contributed by atoms with Gasteiger partial charge in [0.2, 0.25) is 0 Å². The van der Waals surface area contributed by atoms with Crippen LogP contribution in [0, 0.1) is 0 Å². The number of aryl methyl sites for hydroxylation is 1. The van der Waals surface area contributed by atoms with Gasteiger partial charge in [0.25, 0.3) is 0 Å². The molecule has 0 fully saturated rings. The van der Waals surface area contributed by atoms with Crippen molar-refractivity contribution in [3.63, 3.8) is 0 Å². The molecule has 0 radical (unpaired) electrons. The van der Waals surface area contributed by atoms with Crippen LogP contribution in [0.5, 0.6) is 11.5 Å². The topological polar surface area (TPSA) is 66.8 Å². The Morgan fingerprint density at radius 2 is 1.92 bits per heavy atom. The van der Waals surface area contributed by atoms with Crippen molar-refractivity contribution in [2.75, 3.05) is 7.11 Å². The zero-order valence-corrected chi connectivity index (χ0v) is 13.7. The molecule has 0 aromatic heterocycles. The first-order valence-electron chi connectivity index (χ1n) is 7.87. The van der Waals surface area contributed by atoms with Gasteiger partial charge in [0.05, 0.1) is 13.2 Å². The maximum atomic E-state index is 11.9. The van der Waals surface area contributed by atoms with E-state index in [1.165, 1.54) is 25.3 Å². The number of benzene rings is 2. The molecule has 2 aromatic carbocycles. The van der Waals surface area contributed by atoms with E-state index in [4.69, 9.17) is 4.74 Å². The first-order valence-corrected chi connectivity index (χ1v) is 7.87. The van der Waals surface area contributed by atoms with E-state index in [0.717, 1.165) is 11.1 Å². The Hall–Kier alpha value is -2.59. The van der Waals surface area contributed by atoms with Gasteiger partial charge in [0.1, 0.15) is 0 Å². The number of methoxy groups -OCH3 is 1. The molecule has 0 spiro atoms. The van der Waals surface area contributed by atoms with Crippen molar-refractivity contribution < 1.29 is 19.7 Å². The van der Waals surface area contributed by atoms with Crippen LogP contribution in [-0.4, -0.2) is 29.2 Å². The highest BCUT2D eigenvalue weighted by molar-refractivity contribution is 5.89. The minimum Gasteiger partial charge on any atom is -0.504 e. The predicted molar refractivity (Wildman–Crippen MR) is 93.3 cm³/mol. The van der Waals surface area contributed by atoms with Gasteiger partial charge in [-0.1, -0.05) is 42.5 Å². The zero-order chi connectivity index (χ0) is 17.4. The number of allylic oxidation sites excluding steroid dienone is 1. The fourth-order valence-corrected chi connectivity index (χ4v) is 2.37. The molecular formula is C20H22O4. The summed E-state index contributed by atoms with van der Waals surface area (Å²) in [6, 6.07) is 14.7. The summed E-state index contributed by atoms with van der Waals surface area (Å²) in [6.07, 6.45) is 3.63. The van der Waals surface area contributed by atoms with E-state index in [-0.39, 0.29) is 11.5 Å². The number of carbonyl (C=O) groups excluding carboxylic acids is 1. The van der Waals surface area contributed by atoms with Gasteiger partial charge in [0.15, 0.2) is 17.3 Å². The lowest BCUT2D eigenvalue weighted by Crippen LogP contribution is -2.08. The molecule has 0 saturated heterocycles. The van der Waals surface area contributed by atoms with E-state index in [0.29, 0.717) is 25.0 Å². The SMILES string of the molecule is COc1cc(CC(O)/C=C/C(=O)CCc2ccccc2)ccc1O. The summed E-state index contributed by atoms with van der Waals surface area (Å²) < 4.78 is 5.04. The quantitative estimate of drug-likeness (QED) is 0.732. The van der Waals surface area contributed by atoms with Crippen LogP contribution in [0.2, 0.25) is 0 Å². The highest BCUT2D eigenvalue weighted by Gasteiger charge is 2.07. The number of carbonyl (C=O) groups is 1. The van der Waals surface area contributed by atoms with Crippen LogP contribution in [0.4, 0.5) is 0 Å². The standard InChI is InChI=1S/C20H22O4/c1-24-20-14-16(8-12-19(20)23)13-18(22)11-10-17(21)9-7-15-5-3-2-4-6-15/h2-6,8,10-12,14,18,22-23H,7,9,13H2,1H3/b11-10+. The predicted octanol–water partition coefficient (Wildman–Crippen LogP) is 3.06. The number of hydrogen-bond donors (Lipinski definition) is 2. The summed E-state index contributed by atoms with van der Waals surface area (Å²) >= 11 is 0. The van der Waals surface area contributed by atoms with Gasteiger partial charge in [-0.15, -0.1) is 0 Å². The molecule has 24 heavy (non-hydrogen) atoms. The molecule has 2 rings (SSSR count). The number of hydrogen-bond acceptors (Lipinski definition) is 4. The van der Waals surface area contributed by atoms with Gasteiger partial charge in [0, 0.05) is 12.8 Å². The highest BCUT2D eigenvalue weighted by Crippen LogP contribution is 2.26. The van der Waals surface area contributed by atoms with E-state index < -0.39 is 6.10 Å². The maximum absolute atomic E-state index is 11.9. The van der Waals surface area contributed by atoms with E-state index >= 15 is 0 Å². The van der Waals surface area contributed by atoms with Crippen LogP contribution >= 0.6 is 0 Å².